The number of ether oxygens (including phenoxy) is 2. The Kier molecular flexibility index (Phi) is 6.23. The fraction of sp³-hybridized carbons (Fsp3) is 0.296. The largest absolute Gasteiger partial charge is 0.493 e. The molecule has 5 rings (SSSR count). The molecule has 0 saturated heterocycles. The lowest BCUT2D eigenvalue weighted by molar-refractivity contribution is -0.160. The Morgan fingerprint density at radius 3 is 2.65 bits per heavy atom. The van der Waals surface area contributed by atoms with Gasteiger partial charge >= 0.3 is 5.97 Å². The van der Waals surface area contributed by atoms with Gasteiger partial charge in [0.1, 0.15) is 5.75 Å². The topological polar surface area (TPSA) is 81.5 Å². The first-order chi connectivity index (χ1) is 15.7. The number of aryl methyl sites for hydroxylation is 1. The molecule has 176 valence electrons. The van der Waals surface area contributed by atoms with Crippen molar-refractivity contribution in [1.82, 2.24) is 9.97 Å². The van der Waals surface area contributed by atoms with Crippen LogP contribution in [0.5, 0.6) is 5.75 Å². The Morgan fingerprint density at radius 1 is 1.15 bits per heavy atom. The third kappa shape index (κ3) is 4.08. The van der Waals surface area contributed by atoms with E-state index in [-0.39, 0.29) is 12.4 Å². The van der Waals surface area contributed by atoms with Crippen LogP contribution < -0.4 is 4.74 Å². The summed E-state index contributed by atoms with van der Waals surface area (Å²) >= 11 is 0. The lowest BCUT2D eigenvalue weighted by Crippen LogP contribution is -2.28. The molecular weight excluding hydrogens is 452 g/mol. The Labute approximate surface area is 204 Å². The van der Waals surface area contributed by atoms with Crippen LogP contribution in [-0.2, 0) is 16.0 Å². The molecule has 0 aliphatic carbocycles. The molecule has 6 nitrogen and oxygen atoms in total. The van der Waals surface area contributed by atoms with E-state index >= 15 is 0 Å². The molecule has 0 amide bonds. The van der Waals surface area contributed by atoms with Crippen molar-refractivity contribution in [3.63, 3.8) is 0 Å². The molecule has 0 spiro atoms. The van der Waals surface area contributed by atoms with Gasteiger partial charge in [-0.25, -0.2) is 4.79 Å². The second-order valence-corrected chi connectivity index (χ2v) is 9.35. The third-order valence-electron chi connectivity index (χ3n) is 5.92. The standard InChI is InChI=1S/C27H26N2O4.ClH/c1-15-21(25(26(30)31)33-27(2,3)4)23(17-7-5-6-8-19(17)29-15)18-9-10-20-22-16(12-14-32-20)11-13-28-24(18)22;/h5-11,13,25H,12,14H2,1-4H3,(H,30,31);1H/t25-;/m0./s1. The average molecular weight is 479 g/mol. The van der Waals surface area contributed by atoms with Crippen LogP contribution in [0.4, 0.5) is 0 Å². The lowest BCUT2D eigenvalue weighted by atomic mass is 9.88. The number of pyridine rings is 2. The van der Waals surface area contributed by atoms with Crippen LogP contribution in [0.25, 0.3) is 32.9 Å². The second-order valence-electron chi connectivity index (χ2n) is 9.35. The molecule has 0 radical (unpaired) electrons. The van der Waals surface area contributed by atoms with Crippen LogP contribution in [0.15, 0.2) is 48.7 Å². The molecule has 4 aromatic rings. The van der Waals surface area contributed by atoms with Crippen LogP contribution in [0.2, 0.25) is 0 Å². The molecule has 3 heterocycles. The van der Waals surface area contributed by atoms with Gasteiger partial charge in [0.25, 0.3) is 0 Å². The number of rotatable bonds is 4. The van der Waals surface area contributed by atoms with E-state index in [1.807, 2.05) is 76.4 Å². The second kappa shape index (κ2) is 8.85. The van der Waals surface area contributed by atoms with E-state index in [2.05, 4.69) is 0 Å². The Balaban J connectivity index is 0.00000274. The zero-order chi connectivity index (χ0) is 23.3. The lowest BCUT2D eigenvalue weighted by Gasteiger charge is -2.28. The number of hydrogen-bond donors (Lipinski definition) is 1. The van der Waals surface area contributed by atoms with Crippen molar-refractivity contribution in [2.75, 3.05) is 6.61 Å². The van der Waals surface area contributed by atoms with Crippen molar-refractivity contribution in [2.45, 2.75) is 45.8 Å². The van der Waals surface area contributed by atoms with E-state index < -0.39 is 17.7 Å². The number of nitrogens with zero attached hydrogens (tertiary/aromatic N) is 2. The fourth-order valence-corrected chi connectivity index (χ4v) is 4.65. The predicted molar refractivity (Wildman–Crippen MR) is 135 cm³/mol. The van der Waals surface area contributed by atoms with Gasteiger partial charge in [0.2, 0.25) is 0 Å². The van der Waals surface area contributed by atoms with Gasteiger partial charge in [-0.15, -0.1) is 12.4 Å². The molecule has 1 aliphatic rings. The van der Waals surface area contributed by atoms with Crippen LogP contribution in [0, 0.1) is 6.92 Å². The monoisotopic (exact) mass is 478 g/mol. The maximum Gasteiger partial charge on any atom is 0.337 e. The zero-order valence-corrected chi connectivity index (χ0v) is 20.4. The van der Waals surface area contributed by atoms with Crippen molar-refractivity contribution in [3.8, 4) is 16.9 Å². The summed E-state index contributed by atoms with van der Waals surface area (Å²) in [5.41, 5.74) is 4.92. The predicted octanol–water partition coefficient (Wildman–Crippen LogP) is 6.06. The van der Waals surface area contributed by atoms with Gasteiger partial charge in [-0.05, 0) is 57.5 Å². The van der Waals surface area contributed by atoms with Gasteiger partial charge < -0.3 is 14.6 Å². The van der Waals surface area contributed by atoms with Gasteiger partial charge in [-0.3, -0.25) is 9.97 Å². The third-order valence-corrected chi connectivity index (χ3v) is 5.92. The molecule has 1 atom stereocenters. The molecular formula is C27H27ClN2O4. The smallest absolute Gasteiger partial charge is 0.337 e. The Bertz CT molecular complexity index is 1400. The first kappa shape index (κ1) is 23.9. The van der Waals surface area contributed by atoms with Crippen LogP contribution in [0.1, 0.15) is 43.7 Å². The molecule has 2 aromatic carbocycles. The summed E-state index contributed by atoms with van der Waals surface area (Å²) in [6, 6.07) is 13.7. The first-order valence-electron chi connectivity index (χ1n) is 11.1. The van der Waals surface area contributed by atoms with Gasteiger partial charge in [0, 0.05) is 45.8 Å². The van der Waals surface area contributed by atoms with Crippen molar-refractivity contribution in [3.05, 3.63) is 65.5 Å². The number of carboxylic acid groups (broad SMARTS) is 1. The highest BCUT2D eigenvalue weighted by Crippen LogP contribution is 2.44. The van der Waals surface area contributed by atoms with E-state index in [0.29, 0.717) is 17.9 Å². The van der Waals surface area contributed by atoms with E-state index in [4.69, 9.17) is 19.4 Å². The quantitative estimate of drug-likeness (QED) is 0.384. The number of halogens is 1. The minimum absolute atomic E-state index is 0. The van der Waals surface area contributed by atoms with Gasteiger partial charge in [-0.2, -0.15) is 0 Å². The summed E-state index contributed by atoms with van der Waals surface area (Å²) in [5, 5.41) is 12.1. The highest BCUT2D eigenvalue weighted by atomic mass is 35.5. The number of benzene rings is 2. The van der Waals surface area contributed by atoms with Crippen molar-refractivity contribution < 1.29 is 19.4 Å². The van der Waals surface area contributed by atoms with Crippen molar-refractivity contribution >= 4 is 40.2 Å². The van der Waals surface area contributed by atoms with Crippen LogP contribution in [-0.4, -0.2) is 33.3 Å². The maximum atomic E-state index is 12.5. The van der Waals surface area contributed by atoms with Crippen molar-refractivity contribution in [2.24, 2.45) is 0 Å². The first-order valence-corrected chi connectivity index (χ1v) is 11.1. The van der Waals surface area contributed by atoms with Crippen molar-refractivity contribution in [1.29, 1.82) is 0 Å². The molecule has 0 saturated carbocycles. The summed E-state index contributed by atoms with van der Waals surface area (Å²) in [6.45, 7) is 8.04. The summed E-state index contributed by atoms with van der Waals surface area (Å²) < 4.78 is 12.0. The van der Waals surface area contributed by atoms with Gasteiger partial charge in [0.15, 0.2) is 6.10 Å². The fourth-order valence-electron chi connectivity index (χ4n) is 4.65. The number of hydrogen-bond acceptors (Lipinski definition) is 5. The normalized spacial score (nSPS) is 13.9. The zero-order valence-electron chi connectivity index (χ0n) is 19.6. The highest BCUT2D eigenvalue weighted by molar-refractivity contribution is 6.07. The SMILES string of the molecule is Cc1nc2ccccc2c(-c2ccc3c4c(ccnc24)CCO3)c1[C@H](OC(C)(C)C)C(=O)O.Cl. The average Bonchev–Trinajstić information content (AvgIpc) is 2.77. The van der Waals surface area contributed by atoms with Crippen LogP contribution in [0.3, 0.4) is 0 Å². The summed E-state index contributed by atoms with van der Waals surface area (Å²) in [6.07, 6.45) is 1.44. The number of fused-ring (bicyclic) bond motifs is 1. The summed E-state index contributed by atoms with van der Waals surface area (Å²) in [4.78, 5) is 22.0. The molecule has 7 heteroatoms. The summed E-state index contributed by atoms with van der Waals surface area (Å²) in [7, 11) is 0. The molecule has 0 bridgehead atoms. The van der Waals surface area contributed by atoms with Crippen LogP contribution >= 0.6 is 12.4 Å². The summed E-state index contributed by atoms with van der Waals surface area (Å²) in [5.74, 6) is -0.245. The van der Waals surface area contributed by atoms with E-state index in [9.17, 15) is 9.90 Å². The number of aliphatic carboxylic acids is 1. The minimum atomic E-state index is -1.18. The van der Waals surface area contributed by atoms with E-state index in [0.717, 1.165) is 45.1 Å². The molecule has 0 unspecified atom stereocenters. The molecule has 1 aliphatic heterocycles. The number of aromatic nitrogens is 2. The Morgan fingerprint density at radius 2 is 1.91 bits per heavy atom. The van der Waals surface area contributed by atoms with E-state index in [1.54, 1.807) is 0 Å². The molecule has 34 heavy (non-hydrogen) atoms. The maximum absolute atomic E-state index is 12.5. The van der Waals surface area contributed by atoms with Gasteiger partial charge in [0.05, 0.1) is 23.2 Å². The van der Waals surface area contributed by atoms with Gasteiger partial charge in [-0.1, -0.05) is 18.2 Å². The number of para-hydroxylation sites is 1. The van der Waals surface area contributed by atoms with E-state index in [1.165, 1.54) is 5.56 Å². The Hall–Kier alpha value is -3.22. The number of carbonyl (C=O) groups is 1. The minimum Gasteiger partial charge on any atom is -0.493 e. The highest BCUT2D eigenvalue weighted by Gasteiger charge is 2.33. The molecule has 2 aromatic heterocycles. The molecule has 0 fully saturated rings. The number of carboxylic acids is 1. The molecule has 1 N–H and O–H groups in total.